The van der Waals surface area contributed by atoms with E-state index in [1.807, 2.05) is 31.2 Å². The molecule has 0 aromatic heterocycles. The molecule has 0 aliphatic heterocycles. The smallest absolute Gasteiger partial charge is 0.0782 e. The van der Waals surface area contributed by atoms with Gasteiger partial charge >= 0.3 is 0 Å². The summed E-state index contributed by atoms with van der Waals surface area (Å²) in [6.45, 7) is 1.97. The van der Waals surface area contributed by atoms with Gasteiger partial charge in [-0.1, -0.05) is 36.4 Å². The van der Waals surface area contributed by atoms with E-state index in [0.717, 1.165) is 10.8 Å². The van der Waals surface area contributed by atoms with E-state index in [2.05, 4.69) is 17.6 Å². The molecule has 1 aromatic carbocycles. The summed E-state index contributed by atoms with van der Waals surface area (Å²) in [5, 5.41) is 1.00. The third-order valence-electron chi connectivity index (χ3n) is 1.64. The highest BCUT2D eigenvalue weighted by Crippen LogP contribution is 2.17. The molecule has 3 N–H and O–H groups in total. The molecule has 0 aliphatic carbocycles. The van der Waals surface area contributed by atoms with Crippen LogP contribution in [0.15, 0.2) is 41.4 Å². The molecule has 0 fully saturated rings. The van der Waals surface area contributed by atoms with Gasteiger partial charge in [-0.25, -0.2) is 0 Å². The van der Waals surface area contributed by atoms with Crippen molar-refractivity contribution in [3.05, 3.63) is 47.0 Å². The van der Waals surface area contributed by atoms with Crippen molar-refractivity contribution >= 4 is 11.8 Å². The van der Waals surface area contributed by atoms with Gasteiger partial charge in [-0.3, -0.25) is 5.84 Å². The molecule has 70 valence electrons. The molecular formula is C10H14N2S. The fourth-order valence-electron chi connectivity index (χ4n) is 0.944. The predicted molar refractivity (Wildman–Crippen MR) is 58.8 cm³/mol. The molecule has 0 radical (unpaired) electrons. The normalized spacial score (nSPS) is 11.4. The van der Waals surface area contributed by atoms with Crippen molar-refractivity contribution in [2.45, 2.75) is 12.7 Å². The molecule has 0 bridgehead atoms. The summed E-state index contributed by atoms with van der Waals surface area (Å²) in [6.07, 6.45) is 1.97. The molecule has 1 rings (SSSR count). The van der Waals surface area contributed by atoms with Crippen LogP contribution < -0.4 is 11.3 Å². The van der Waals surface area contributed by atoms with E-state index in [-0.39, 0.29) is 0 Å². The van der Waals surface area contributed by atoms with E-state index in [1.165, 1.54) is 5.56 Å². The standard InChI is InChI=1S/C10H14N2S/c1-2-10(12-11)13-8-9-6-4-3-5-7-9/h2-7,12H,8,11H2,1H3/b10-2+. The van der Waals surface area contributed by atoms with Gasteiger partial charge in [-0.15, -0.1) is 11.8 Å². The molecule has 0 saturated carbocycles. The molecular weight excluding hydrogens is 180 g/mol. The van der Waals surface area contributed by atoms with Crippen LogP contribution in [-0.4, -0.2) is 0 Å². The first kappa shape index (κ1) is 10.2. The van der Waals surface area contributed by atoms with Gasteiger partial charge in [-0.05, 0) is 12.5 Å². The number of hydrazine groups is 1. The highest BCUT2D eigenvalue weighted by Gasteiger charge is 1.95. The summed E-state index contributed by atoms with van der Waals surface area (Å²) in [5.74, 6) is 6.26. The van der Waals surface area contributed by atoms with Crippen LogP contribution in [0.25, 0.3) is 0 Å². The molecule has 2 nitrogen and oxygen atoms in total. The second kappa shape index (κ2) is 5.67. The lowest BCUT2D eigenvalue weighted by molar-refractivity contribution is 0.945. The van der Waals surface area contributed by atoms with Crippen molar-refractivity contribution in [3.63, 3.8) is 0 Å². The van der Waals surface area contributed by atoms with Crippen molar-refractivity contribution in [3.8, 4) is 0 Å². The average Bonchev–Trinajstić information content (AvgIpc) is 2.21. The Morgan fingerprint density at radius 2 is 2.15 bits per heavy atom. The summed E-state index contributed by atoms with van der Waals surface area (Å²) in [4.78, 5) is 0. The molecule has 0 unspecified atom stereocenters. The van der Waals surface area contributed by atoms with Crippen molar-refractivity contribution in [2.24, 2.45) is 5.84 Å². The fourth-order valence-corrected chi connectivity index (χ4v) is 1.71. The molecule has 0 heterocycles. The lowest BCUT2D eigenvalue weighted by atomic mass is 10.2. The number of allylic oxidation sites excluding steroid dienone is 1. The Morgan fingerprint density at radius 3 is 2.69 bits per heavy atom. The minimum absolute atomic E-state index is 0.949. The Labute approximate surface area is 83.2 Å². The first-order valence-corrected chi connectivity index (χ1v) is 5.15. The predicted octanol–water partition coefficient (Wildman–Crippen LogP) is 2.24. The lowest BCUT2D eigenvalue weighted by Crippen LogP contribution is -2.18. The lowest BCUT2D eigenvalue weighted by Gasteiger charge is -2.04. The topological polar surface area (TPSA) is 38.0 Å². The molecule has 0 spiro atoms. The number of rotatable bonds is 4. The van der Waals surface area contributed by atoms with Gasteiger partial charge in [0, 0.05) is 5.75 Å². The van der Waals surface area contributed by atoms with Crippen LogP contribution in [-0.2, 0) is 5.75 Å². The molecule has 13 heavy (non-hydrogen) atoms. The molecule has 0 amide bonds. The maximum absolute atomic E-state index is 5.31. The minimum atomic E-state index is 0.949. The monoisotopic (exact) mass is 194 g/mol. The average molecular weight is 194 g/mol. The summed E-state index contributed by atoms with van der Waals surface area (Å²) < 4.78 is 0. The van der Waals surface area contributed by atoms with E-state index in [0.29, 0.717) is 0 Å². The van der Waals surface area contributed by atoms with Crippen LogP contribution in [0, 0.1) is 0 Å². The zero-order valence-electron chi connectivity index (χ0n) is 7.66. The van der Waals surface area contributed by atoms with Crippen molar-refractivity contribution < 1.29 is 0 Å². The van der Waals surface area contributed by atoms with Crippen molar-refractivity contribution in [1.82, 2.24) is 5.43 Å². The second-order valence-corrected chi connectivity index (χ2v) is 3.59. The van der Waals surface area contributed by atoms with Crippen molar-refractivity contribution in [2.75, 3.05) is 0 Å². The fraction of sp³-hybridized carbons (Fsp3) is 0.200. The number of benzene rings is 1. The second-order valence-electron chi connectivity index (χ2n) is 2.57. The van der Waals surface area contributed by atoms with Crippen LogP contribution in [0.3, 0.4) is 0 Å². The molecule has 0 saturated heterocycles. The number of hydrogen-bond acceptors (Lipinski definition) is 3. The van der Waals surface area contributed by atoms with Gasteiger partial charge in [0.15, 0.2) is 0 Å². The van der Waals surface area contributed by atoms with Crippen LogP contribution in [0.1, 0.15) is 12.5 Å². The zero-order chi connectivity index (χ0) is 9.52. The summed E-state index contributed by atoms with van der Waals surface area (Å²) in [5.41, 5.74) is 3.95. The van der Waals surface area contributed by atoms with Crippen LogP contribution in [0.2, 0.25) is 0 Å². The Bertz CT molecular complexity index is 270. The number of thioether (sulfide) groups is 1. The van der Waals surface area contributed by atoms with Crippen LogP contribution in [0.4, 0.5) is 0 Å². The highest BCUT2D eigenvalue weighted by molar-refractivity contribution is 8.02. The Morgan fingerprint density at radius 1 is 1.46 bits per heavy atom. The van der Waals surface area contributed by atoms with Gasteiger partial charge in [0.2, 0.25) is 0 Å². The Balaban J connectivity index is 2.43. The molecule has 0 aliphatic rings. The van der Waals surface area contributed by atoms with E-state index in [1.54, 1.807) is 11.8 Å². The molecule has 3 heteroatoms. The number of nitrogens with two attached hydrogens (primary N) is 1. The number of hydrogen-bond donors (Lipinski definition) is 2. The van der Waals surface area contributed by atoms with E-state index in [9.17, 15) is 0 Å². The quantitative estimate of drug-likeness (QED) is 0.570. The van der Waals surface area contributed by atoms with E-state index in [4.69, 9.17) is 5.84 Å². The first-order valence-electron chi connectivity index (χ1n) is 4.16. The largest absolute Gasteiger partial charge is 0.319 e. The Hall–Kier alpha value is -0.930. The van der Waals surface area contributed by atoms with E-state index >= 15 is 0 Å². The minimum Gasteiger partial charge on any atom is -0.319 e. The Kier molecular flexibility index (Phi) is 4.43. The van der Waals surface area contributed by atoms with Crippen LogP contribution >= 0.6 is 11.8 Å². The SMILES string of the molecule is C/C=C(\NN)SCc1ccccc1. The van der Waals surface area contributed by atoms with Gasteiger partial charge in [0.25, 0.3) is 0 Å². The van der Waals surface area contributed by atoms with Gasteiger partial charge in [-0.2, -0.15) is 0 Å². The maximum atomic E-state index is 5.31. The third-order valence-corrected chi connectivity index (χ3v) is 2.78. The zero-order valence-corrected chi connectivity index (χ0v) is 8.47. The van der Waals surface area contributed by atoms with Crippen molar-refractivity contribution in [1.29, 1.82) is 0 Å². The van der Waals surface area contributed by atoms with Gasteiger partial charge < -0.3 is 5.43 Å². The summed E-state index contributed by atoms with van der Waals surface area (Å²) >= 11 is 1.70. The first-order chi connectivity index (χ1) is 6.36. The summed E-state index contributed by atoms with van der Waals surface area (Å²) in [7, 11) is 0. The molecule has 0 atom stereocenters. The van der Waals surface area contributed by atoms with E-state index < -0.39 is 0 Å². The van der Waals surface area contributed by atoms with Gasteiger partial charge in [0.1, 0.15) is 0 Å². The summed E-state index contributed by atoms with van der Waals surface area (Å²) in [6, 6.07) is 10.3. The third kappa shape index (κ3) is 3.53. The number of nitrogens with one attached hydrogen (secondary N) is 1. The van der Waals surface area contributed by atoms with Gasteiger partial charge in [0.05, 0.1) is 5.03 Å². The maximum Gasteiger partial charge on any atom is 0.0782 e. The van der Waals surface area contributed by atoms with Crippen LogP contribution in [0.5, 0.6) is 0 Å². The molecule has 1 aromatic rings. The highest BCUT2D eigenvalue weighted by atomic mass is 32.2.